The summed E-state index contributed by atoms with van der Waals surface area (Å²) in [7, 11) is 0. The fraction of sp³-hybridized carbons (Fsp3) is 0.500. The van der Waals surface area contributed by atoms with Crippen LogP contribution in [0.4, 0.5) is 0 Å². The minimum absolute atomic E-state index is 0.268. The summed E-state index contributed by atoms with van der Waals surface area (Å²) in [5.74, 6) is -1.85. The molecule has 0 aromatic rings. The highest BCUT2D eigenvalue weighted by molar-refractivity contribution is 5.82. The zero-order valence-corrected chi connectivity index (χ0v) is 7.36. The number of carbonyl (C=O) groups is 2. The first-order valence-electron chi connectivity index (χ1n) is 3.84. The Bertz CT molecular complexity index is 199. The monoisotopic (exact) mass is 188 g/mol. The first-order valence-corrected chi connectivity index (χ1v) is 3.84. The van der Waals surface area contributed by atoms with Gasteiger partial charge in [-0.1, -0.05) is 19.9 Å². The van der Waals surface area contributed by atoms with E-state index in [-0.39, 0.29) is 6.42 Å². The van der Waals surface area contributed by atoms with Gasteiger partial charge in [-0.25, -0.2) is 19.4 Å². The molecule has 1 atom stereocenters. The Labute approximate surface area is 75.9 Å². The number of rotatable bonds is 4. The molecule has 5 nitrogen and oxygen atoms in total. The number of carbonyl (C=O) groups excluding carboxylic acids is 2. The van der Waals surface area contributed by atoms with Gasteiger partial charge in [-0.15, -0.1) is 0 Å². The minimum Gasteiger partial charge on any atom is -0.381 e. The second-order valence-electron chi connectivity index (χ2n) is 2.31. The molecule has 0 radical (unpaired) electrons. The van der Waals surface area contributed by atoms with Crippen molar-refractivity contribution in [3.63, 3.8) is 0 Å². The number of hydrogen-bond donors (Lipinski definition) is 1. The Morgan fingerprint density at radius 3 is 2.62 bits per heavy atom. The van der Waals surface area contributed by atoms with Gasteiger partial charge >= 0.3 is 11.9 Å². The first kappa shape index (κ1) is 11.6. The second-order valence-corrected chi connectivity index (χ2v) is 2.31. The predicted octanol–water partition coefficient (Wildman–Crippen LogP) is 0.335. The van der Waals surface area contributed by atoms with Crippen molar-refractivity contribution in [2.75, 3.05) is 0 Å². The molecule has 1 N–H and O–H groups in total. The Hall–Kier alpha value is -1.36. The fourth-order valence-corrected chi connectivity index (χ4v) is 0.563. The smallest absolute Gasteiger partial charge is 0.381 e. The van der Waals surface area contributed by atoms with E-state index >= 15 is 0 Å². The summed E-state index contributed by atoms with van der Waals surface area (Å²) in [4.78, 5) is 29.1. The van der Waals surface area contributed by atoms with Crippen LogP contribution in [-0.4, -0.2) is 23.1 Å². The molecule has 13 heavy (non-hydrogen) atoms. The SMILES string of the molecule is C=CC(=O)OOC(=O)C(O)CCC. The fourth-order valence-electron chi connectivity index (χ4n) is 0.563. The van der Waals surface area contributed by atoms with Crippen molar-refractivity contribution in [1.82, 2.24) is 0 Å². The summed E-state index contributed by atoms with van der Waals surface area (Å²) >= 11 is 0. The summed E-state index contributed by atoms with van der Waals surface area (Å²) in [6.45, 7) is 4.89. The average molecular weight is 188 g/mol. The summed E-state index contributed by atoms with van der Waals surface area (Å²) in [5, 5.41) is 9.01. The van der Waals surface area contributed by atoms with E-state index in [1.165, 1.54) is 0 Å². The van der Waals surface area contributed by atoms with E-state index in [0.29, 0.717) is 6.42 Å². The lowest BCUT2D eigenvalue weighted by atomic mass is 10.2. The van der Waals surface area contributed by atoms with Gasteiger partial charge in [0, 0.05) is 6.08 Å². The molecule has 0 saturated heterocycles. The number of aliphatic hydroxyl groups excluding tert-OH is 1. The summed E-state index contributed by atoms with van der Waals surface area (Å²) in [5.41, 5.74) is 0. The second kappa shape index (κ2) is 6.19. The van der Waals surface area contributed by atoms with Gasteiger partial charge in [0.05, 0.1) is 0 Å². The van der Waals surface area contributed by atoms with Crippen LogP contribution in [-0.2, 0) is 19.4 Å². The molecule has 0 spiro atoms. The van der Waals surface area contributed by atoms with Crippen LogP contribution in [0.1, 0.15) is 19.8 Å². The maximum Gasteiger partial charge on any atom is 0.383 e. The van der Waals surface area contributed by atoms with Gasteiger partial charge in [-0.3, -0.25) is 0 Å². The number of aliphatic hydroxyl groups is 1. The predicted molar refractivity (Wildman–Crippen MR) is 43.3 cm³/mol. The van der Waals surface area contributed by atoms with Gasteiger partial charge in [0.1, 0.15) is 0 Å². The highest BCUT2D eigenvalue weighted by Gasteiger charge is 2.17. The maximum atomic E-state index is 10.8. The molecule has 5 heteroatoms. The van der Waals surface area contributed by atoms with Gasteiger partial charge in [0.25, 0.3) is 0 Å². The lowest BCUT2D eigenvalue weighted by Gasteiger charge is -2.05. The van der Waals surface area contributed by atoms with Crippen molar-refractivity contribution in [3.05, 3.63) is 12.7 Å². The molecule has 0 saturated carbocycles. The van der Waals surface area contributed by atoms with Gasteiger partial charge < -0.3 is 5.11 Å². The normalized spacial score (nSPS) is 11.5. The van der Waals surface area contributed by atoms with Crippen LogP contribution in [0.5, 0.6) is 0 Å². The molecular weight excluding hydrogens is 176 g/mol. The lowest BCUT2D eigenvalue weighted by Crippen LogP contribution is -2.23. The molecule has 0 aromatic carbocycles. The van der Waals surface area contributed by atoms with Gasteiger partial charge in [0.15, 0.2) is 6.10 Å². The zero-order valence-electron chi connectivity index (χ0n) is 7.36. The quantitative estimate of drug-likeness (QED) is 0.391. The standard InChI is InChI=1S/C8H12O5/c1-3-5-6(9)8(11)13-12-7(10)4-2/h4,6,9H,2-3,5H2,1H3. The largest absolute Gasteiger partial charge is 0.383 e. The molecular formula is C8H12O5. The van der Waals surface area contributed by atoms with Crippen LogP contribution in [0, 0.1) is 0 Å². The highest BCUT2D eigenvalue weighted by atomic mass is 17.2. The Balaban J connectivity index is 3.73. The third kappa shape index (κ3) is 4.97. The van der Waals surface area contributed by atoms with Crippen LogP contribution in [0.2, 0.25) is 0 Å². The van der Waals surface area contributed by atoms with Gasteiger partial charge in [-0.2, -0.15) is 0 Å². The van der Waals surface area contributed by atoms with Crippen LogP contribution >= 0.6 is 0 Å². The van der Waals surface area contributed by atoms with Gasteiger partial charge in [-0.05, 0) is 6.42 Å². The van der Waals surface area contributed by atoms with E-state index in [9.17, 15) is 9.59 Å². The molecule has 0 aliphatic heterocycles. The molecule has 0 amide bonds. The van der Waals surface area contributed by atoms with E-state index in [1.54, 1.807) is 6.92 Å². The van der Waals surface area contributed by atoms with Crippen LogP contribution in [0.25, 0.3) is 0 Å². The van der Waals surface area contributed by atoms with Gasteiger partial charge in [0.2, 0.25) is 0 Å². The summed E-state index contributed by atoms with van der Waals surface area (Å²) < 4.78 is 0. The molecule has 0 aliphatic rings. The third-order valence-electron chi connectivity index (χ3n) is 1.21. The van der Waals surface area contributed by atoms with Crippen molar-refractivity contribution in [3.8, 4) is 0 Å². The summed E-state index contributed by atoms with van der Waals surface area (Å²) in [6, 6.07) is 0. The van der Waals surface area contributed by atoms with Crippen molar-refractivity contribution in [1.29, 1.82) is 0 Å². The molecule has 0 fully saturated rings. The molecule has 0 bridgehead atoms. The van der Waals surface area contributed by atoms with Crippen LogP contribution < -0.4 is 0 Å². The van der Waals surface area contributed by atoms with E-state index in [0.717, 1.165) is 6.08 Å². The lowest BCUT2D eigenvalue weighted by molar-refractivity contribution is -0.260. The van der Waals surface area contributed by atoms with E-state index in [1.807, 2.05) is 0 Å². The topological polar surface area (TPSA) is 72.8 Å². The van der Waals surface area contributed by atoms with Crippen molar-refractivity contribution in [2.45, 2.75) is 25.9 Å². The Morgan fingerprint density at radius 2 is 2.15 bits per heavy atom. The zero-order chi connectivity index (χ0) is 10.3. The van der Waals surface area contributed by atoms with Crippen molar-refractivity contribution >= 4 is 11.9 Å². The molecule has 0 rings (SSSR count). The van der Waals surface area contributed by atoms with E-state index in [2.05, 4.69) is 16.4 Å². The third-order valence-corrected chi connectivity index (χ3v) is 1.21. The first-order chi connectivity index (χ1) is 6.11. The average Bonchev–Trinajstić information content (AvgIpc) is 2.13. The molecule has 0 heterocycles. The molecule has 74 valence electrons. The minimum atomic E-state index is -1.25. The van der Waals surface area contributed by atoms with Crippen LogP contribution in [0.3, 0.4) is 0 Å². The van der Waals surface area contributed by atoms with E-state index < -0.39 is 18.0 Å². The van der Waals surface area contributed by atoms with Crippen LogP contribution in [0.15, 0.2) is 12.7 Å². The Morgan fingerprint density at radius 1 is 1.54 bits per heavy atom. The highest BCUT2D eigenvalue weighted by Crippen LogP contribution is 1.99. The van der Waals surface area contributed by atoms with Crippen molar-refractivity contribution < 1.29 is 24.5 Å². The van der Waals surface area contributed by atoms with Crippen molar-refractivity contribution in [2.24, 2.45) is 0 Å². The number of hydrogen-bond acceptors (Lipinski definition) is 5. The summed E-state index contributed by atoms with van der Waals surface area (Å²) in [6.07, 6.45) is 0.498. The molecule has 1 unspecified atom stereocenters. The molecule has 0 aliphatic carbocycles. The molecule has 0 aromatic heterocycles. The van der Waals surface area contributed by atoms with E-state index in [4.69, 9.17) is 5.11 Å². The maximum absolute atomic E-state index is 10.8. The Kier molecular flexibility index (Phi) is 5.54.